The zero-order chi connectivity index (χ0) is 20.6. The Kier molecular flexibility index (Phi) is 8.15. The van der Waals surface area contributed by atoms with Gasteiger partial charge in [0.15, 0.2) is 0 Å². The second-order valence-electron chi connectivity index (χ2n) is 5.96. The Balaban J connectivity index is 1.53. The van der Waals surface area contributed by atoms with Crippen LogP contribution in [-0.4, -0.2) is 15.2 Å². The van der Waals surface area contributed by atoms with Gasteiger partial charge in [-0.15, -0.1) is 5.10 Å². The second-order valence-corrected chi connectivity index (χ2v) is 8.18. The van der Waals surface area contributed by atoms with E-state index < -0.39 is 0 Å². The summed E-state index contributed by atoms with van der Waals surface area (Å²) < 4.78 is 0. The van der Waals surface area contributed by atoms with Crippen LogP contribution in [0.2, 0.25) is 15.1 Å². The normalized spacial score (nSPS) is 11.2. The summed E-state index contributed by atoms with van der Waals surface area (Å²) in [5, 5.41) is 10.8. The smallest absolute Gasteiger partial charge is 0.209 e. The first-order chi connectivity index (χ1) is 14.0. The molecule has 0 aliphatic heterocycles. The van der Waals surface area contributed by atoms with Crippen LogP contribution in [0.15, 0.2) is 53.8 Å². The molecule has 5 nitrogen and oxygen atoms in total. The van der Waals surface area contributed by atoms with Crippen molar-refractivity contribution in [3.63, 3.8) is 0 Å². The quantitative estimate of drug-likeness (QED) is 0.244. The number of nitrogens with one attached hydrogen (secondary N) is 1. The van der Waals surface area contributed by atoms with E-state index in [0.717, 1.165) is 22.6 Å². The zero-order valence-electron chi connectivity index (χ0n) is 15.4. The monoisotopic (exact) mass is 466 g/mol. The minimum atomic E-state index is 0.295. The van der Waals surface area contributed by atoms with Gasteiger partial charge < -0.3 is 0 Å². The van der Waals surface area contributed by atoms with Crippen LogP contribution in [-0.2, 0) is 17.2 Å². The van der Waals surface area contributed by atoms with Gasteiger partial charge in [-0.25, -0.2) is 4.98 Å². The summed E-state index contributed by atoms with van der Waals surface area (Å²) in [5.41, 5.74) is 6.15. The third kappa shape index (κ3) is 6.87. The number of rotatable bonds is 8. The molecule has 3 rings (SSSR count). The van der Waals surface area contributed by atoms with Gasteiger partial charge in [0.1, 0.15) is 6.61 Å². The maximum absolute atomic E-state index is 6.11. The van der Waals surface area contributed by atoms with E-state index in [1.807, 2.05) is 37.3 Å². The number of hydroxylamine groups is 1. The van der Waals surface area contributed by atoms with Crippen LogP contribution in [0.4, 0.5) is 0 Å². The molecule has 0 saturated carbocycles. The first-order valence-corrected chi connectivity index (χ1v) is 10.7. The number of nitrogens with zero attached hydrogens (tertiary/aromatic N) is 3. The molecule has 0 saturated heterocycles. The van der Waals surface area contributed by atoms with Crippen LogP contribution in [0.3, 0.4) is 0 Å². The summed E-state index contributed by atoms with van der Waals surface area (Å²) in [6, 6.07) is 12.9. The van der Waals surface area contributed by atoms with Crippen LogP contribution < -0.4 is 5.48 Å². The maximum atomic E-state index is 6.11. The van der Waals surface area contributed by atoms with Gasteiger partial charge in [-0.1, -0.05) is 64.8 Å². The van der Waals surface area contributed by atoms with Gasteiger partial charge in [0.25, 0.3) is 0 Å². The zero-order valence-corrected chi connectivity index (χ0v) is 18.5. The number of hydrogen-bond donors (Lipinski definition) is 1. The first-order valence-electron chi connectivity index (χ1n) is 8.57. The molecule has 0 fully saturated rings. The van der Waals surface area contributed by atoms with Crippen LogP contribution in [0.25, 0.3) is 6.08 Å². The third-order valence-corrected chi connectivity index (χ3v) is 5.54. The Morgan fingerprint density at radius 3 is 2.55 bits per heavy atom. The Bertz CT molecular complexity index is 1000. The second kappa shape index (κ2) is 10.8. The molecule has 29 heavy (non-hydrogen) atoms. The topological polar surface area (TPSA) is 59.9 Å². The molecule has 0 amide bonds. The molecular formula is C20H17Cl3N4OS. The predicted molar refractivity (Wildman–Crippen MR) is 119 cm³/mol. The fourth-order valence-electron chi connectivity index (χ4n) is 2.24. The van der Waals surface area contributed by atoms with Crippen LogP contribution >= 0.6 is 46.6 Å². The summed E-state index contributed by atoms with van der Waals surface area (Å²) >= 11 is 19.4. The summed E-state index contributed by atoms with van der Waals surface area (Å²) in [4.78, 5) is 9.93. The van der Waals surface area contributed by atoms with E-state index >= 15 is 0 Å². The van der Waals surface area contributed by atoms with Crippen molar-refractivity contribution in [2.45, 2.75) is 24.4 Å². The van der Waals surface area contributed by atoms with E-state index in [1.54, 1.807) is 24.4 Å². The molecule has 0 unspecified atom stereocenters. The number of aryl methyl sites for hydroxylation is 1. The van der Waals surface area contributed by atoms with Gasteiger partial charge in [0, 0.05) is 27.0 Å². The van der Waals surface area contributed by atoms with Crippen molar-refractivity contribution in [3.8, 4) is 0 Å². The van der Waals surface area contributed by atoms with Crippen molar-refractivity contribution in [2.75, 3.05) is 0 Å². The summed E-state index contributed by atoms with van der Waals surface area (Å²) in [6.45, 7) is 2.14. The number of hydrogen-bond acceptors (Lipinski definition) is 6. The van der Waals surface area contributed by atoms with Gasteiger partial charge in [-0.2, -0.15) is 5.10 Å². The highest BCUT2D eigenvalue weighted by molar-refractivity contribution is 7.98. The Morgan fingerprint density at radius 1 is 1.03 bits per heavy atom. The lowest BCUT2D eigenvalue weighted by Crippen LogP contribution is -2.07. The summed E-state index contributed by atoms with van der Waals surface area (Å²) in [7, 11) is 0. The van der Waals surface area contributed by atoms with Crippen molar-refractivity contribution in [3.05, 3.63) is 86.2 Å². The number of aromatic nitrogens is 3. The Labute approximate surface area is 188 Å². The molecule has 3 aromatic rings. The largest absolute Gasteiger partial charge is 0.274 e. The molecule has 0 aliphatic rings. The standard InChI is InChI=1S/C20H17Cl3N4OS/c1-13-19(8-9-24-28-11-15-4-7-17(22)10-18(15)23)25-20(27-26-13)29-12-14-2-5-16(21)6-3-14/h2-10,24H,11-12H2,1H3. The van der Waals surface area contributed by atoms with E-state index in [9.17, 15) is 0 Å². The van der Waals surface area contributed by atoms with Crippen molar-refractivity contribution in [1.29, 1.82) is 0 Å². The highest BCUT2D eigenvalue weighted by atomic mass is 35.5. The first kappa shape index (κ1) is 21.9. The Morgan fingerprint density at radius 2 is 1.79 bits per heavy atom. The Hall–Kier alpha value is -1.83. The highest BCUT2D eigenvalue weighted by Gasteiger charge is 2.05. The minimum Gasteiger partial charge on any atom is -0.274 e. The van der Waals surface area contributed by atoms with Gasteiger partial charge in [0.2, 0.25) is 5.16 Å². The molecule has 0 bridgehead atoms. The molecule has 1 N–H and O–H groups in total. The van der Waals surface area contributed by atoms with Crippen molar-refractivity contribution < 1.29 is 4.84 Å². The van der Waals surface area contributed by atoms with Gasteiger partial charge in [0.05, 0.1) is 11.4 Å². The van der Waals surface area contributed by atoms with Gasteiger partial charge in [-0.3, -0.25) is 10.3 Å². The van der Waals surface area contributed by atoms with Crippen LogP contribution in [0.1, 0.15) is 22.5 Å². The molecule has 0 spiro atoms. The lowest BCUT2D eigenvalue weighted by atomic mass is 10.2. The molecule has 1 aromatic heterocycles. The van der Waals surface area contributed by atoms with Gasteiger partial charge in [-0.05, 0) is 48.4 Å². The number of thioether (sulfide) groups is 1. The maximum Gasteiger partial charge on any atom is 0.209 e. The molecule has 150 valence electrons. The molecule has 9 heteroatoms. The van der Waals surface area contributed by atoms with Crippen LogP contribution in [0, 0.1) is 6.92 Å². The van der Waals surface area contributed by atoms with E-state index in [-0.39, 0.29) is 0 Å². The highest BCUT2D eigenvalue weighted by Crippen LogP contribution is 2.22. The van der Waals surface area contributed by atoms with Crippen molar-refractivity contribution in [1.82, 2.24) is 20.7 Å². The average Bonchev–Trinajstić information content (AvgIpc) is 2.70. The third-order valence-electron chi connectivity index (χ3n) is 3.79. The minimum absolute atomic E-state index is 0.295. The molecular weight excluding hydrogens is 451 g/mol. The van der Waals surface area contributed by atoms with E-state index in [2.05, 4.69) is 20.7 Å². The van der Waals surface area contributed by atoms with Crippen molar-refractivity contribution in [2.24, 2.45) is 0 Å². The SMILES string of the molecule is Cc1nnc(SCc2ccc(Cl)cc2)nc1C=CNOCc1ccc(Cl)cc1Cl. The number of halogens is 3. The molecule has 0 radical (unpaired) electrons. The fourth-order valence-corrected chi connectivity index (χ4v) is 3.58. The molecule has 0 aliphatic carbocycles. The summed E-state index contributed by atoms with van der Waals surface area (Å²) in [6.07, 6.45) is 3.42. The molecule has 2 aromatic carbocycles. The summed E-state index contributed by atoms with van der Waals surface area (Å²) in [5.74, 6) is 0.730. The van der Waals surface area contributed by atoms with E-state index in [1.165, 1.54) is 11.8 Å². The van der Waals surface area contributed by atoms with Crippen molar-refractivity contribution >= 4 is 52.6 Å². The molecule has 0 atom stereocenters. The fraction of sp³-hybridized carbons (Fsp3) is 0.150. The lowest BCUT2D eigenvalue weighted by Gasteiger charge is -2.06. The number of benzene rings is 2. The lowest BCUT2D eigenvalue weighted by molar-refractivity contribution is 0.0582. The van der Waals surface area contributed by atoms with Crippen LogP contribution in [0.5, 0.6) is 0 Å². The van der Waals surface area contributed by atoms with Gasteiger partial charge >= 0.3 is 0 Å². The molecule has 1 heterocycles. The average molecular weight is 468 g/mol. The van der Waals surface area contributed by atoms with E-state index in [0.29, 0.717) is 32.5 Å². The predicted octanol–water partition coefficient (Wildman–Crippen LogP) is 6.12. The van der Waals surface area contributed by atoms with E-state index in [4.69, 9.17) is 39.6 Å².